The lowest BCUT2D eigenvalue weighted by Gasteiger charge is -2.17. The van der Waals surface area contributed by atoms with Crippen LogP contribution >= 0.6 is 0 Å². The summed E-state index contributed by atoms with van der Waals surface area (Å²) in [4.78, 5) is 2.42. The minimum Gasteiger partial charge on any atom is -0.311 e. The van der Waals surface area contributed by atoms with Gasteiger partial charge in [0.15, 0.2) is 0 Å². The molecule has 0 aliphatic rings. The first-order chi connectivity index (χ1) is 7.80. The van der Waals surface area contributed by atoms with E-state index in [1.165, 1.54) is 5.56 Å². The van der Waals surface area contributed by atoms with Crippen LogP contribution < -0.4 is 5.32 Å². The number of hydrogen-bond acceptors (Lipinski definition) is 3. The Hall–Kier alpha value is -0.870. The number of aryl methyl sites for hydroxylation is 1. The van der Waals surface area contributed by atoms with Crippen LogP contribution in [0.3, 0.4) is 0 Å². The van der Waals surface area contributed by atoms with Gasteiger partial charge in [-0.2, -0.15) is 5.10 Å². The predicted octanol–water partition coefficient (Wildman–Crippen LogP) is 1.33. The normalized spacial score (nSPS) is 11.2. The molecular weight excluding hydrogens is 200 g/mol. The molecule has 0 unspecified atom stereocenters. The summed E-state index contributed by atoms with van der Waals surface area (Å²) in [6.07, 6.45) is 4.04. The Balaban J connectivity index is 2.15. The Morgan fingerprint density at radius 1 is 1.31 bits per heavy atom. The first-order valence-corrected chi connectivity index (χ1v) is 6.24. The Morgan fingerprint density at radius 3 is 2.62 bits per heavy atom. The van der Waals surface area contributed by atoms with E-state index in [0.717, 1.165) is 39.3 Å². The zero-order valence-electron chi connectivity index (χ0n) is 10.7. The molecule has 1 rings (SSSR count). The van der Waals surface area contributed by atoms with Crippen LogP contribution in [0.4, 0.5) is 0 Å². The van der Waals surface area contributed by atoms with Gasteiger partial charge in [-0.3, -0.25) is 4.68 Å². The summed E-state index contributed by atoms with van der Waals surface area (Å²) in [6.45, 7) is 12.8. The molecule has 1 aromatic heterocycles. The summed E-state index contributed by atoms with van der Waals surface area (Å²) in [5, 5.41) is 7.69. The minimum absolute atomic E-state index is 0.918. The van der Waals surface area contributed by atoms with E-state index in [4.69, 9.17) is 0 Å². The molecule has 0 aliphatic carbocycles. The van der Waals surface area contributed by atoms with Crippen LogP contribution in [0.1, 0.15) is 26.3 Å². The Morgan fingerprint density at radius 2 is 2.06 bits per heavy atom. The van der Waals surface area contributed by atoms with Crippen LogP contribution in [0, 0.1) is 0 Å². The fourth-order valence-corrected chi connectivity index (χ4v) is 1.68. The molecule has 0 aromatic carbocycles. The summed E-state index contributed by atoms with van der Waals surface area (Å²) in [5.41, 5.74) is 1.27. The average molecular weight is 224 g/mol. The van der Waals surface area contributed by atoms with Gasteiger partial charge in [0, 0.05) is 37.9 Å². The standard InChI is InChI=1S/C12H24N4/c1-4-15(5-2)8-7-13-9-12-10-14-16(6-3)11-12/h10-11,13H,4-9H2,1-3H3. The van der Waals surface area contributed by atoms with Crippen LogP contribution in [0.15, 0.2) is 12.4 Å². The number of rotatable bonds is 8. The molecule has 0 saturated heterocycles. The van der Waals surface area contributed by atoms with Crippen molar-refractivity contribution in [2.24, 2.45) is 0 Å². The predicted molar refractivity (Wildman–Crippen MR) is 67.4 cm³/mol. The molecule has 4 nitrogen and oxygen atoms in total. The minimum atomic E-state index is 0.918. The van der Waals surface area contributed by atoms with Crippen molar-refractivity contribution in [2.45, 2.75) is 33.9 Å². The van der Waals surface area contributed by atoms with Crippen molar-refractivity contribution in [3.05, 3.63) is 18.0 Å². The number of nitrogens with one attached hydrogen (secondary N) is 1. The number of aromatic nitrogens is 2. The molecule has 92 valence electrons. The van der Waals surface area contributed by atoms with Crippen molar-refractivity contribution in [3.8, 4) is 0 Å². The molecule has 0 radical (unpaired) electrons. The number of nitrogens with zero attached hydrogens (tertiary/aromatic N) is 3. The van der Waals surface area contributed by atoms with E-state index in [2.05, 4.69) is 42.3 Å². The highest BCUT2D eigenvalue weighted by Crippen LogP contribution is 1.96. The molecule has 0 fully saturated rings. The largest absolute Gasteiger partial charge is 0.311 e. The van der Waals surface area contributed by atoms with Crippen molar-refractivity contribution in [3.63, 3.8) is 0 Å². The Labute approximate surface area is 98.6 Å². The number of likely N-dealkylation sites (N-methyl/N-ethyl adjacent to an activating group) is 1. The fourth-order valence-electron chi connectivity index (χ4n) is 1.68. The second-order valence-corrected chi connectivity index (χ2v) is 3.91. The topological polar surface area (TPSA) is 33.1 Å². The number of hydrogen-bond donors (Lipinski definition) is 1. The van der Waals surface area contributed by atoms with E-state index in [0.29, 0.717) is 0 Å². The smallest absolute Gasteiger partial charge is 0.0534 e. The molecule has 0 spiro atoms. The van der Waals surface area contributed by atoms with Crippen molar-refractivity contribution >= 4 is 0 Å². The van der Waals surface area contributed by atoms with Gasteiger partial charge in [0.1, 0.15) is 0 Å². The zero-order valence-corrected chi connectivity index (χ0v) is 10.7. The SMILES string of the molecule is CCN(CC)CCNCc1cnn(CC)c1. The van der Waals surface area contributed by atoms with E-state index in [1.807, 2.05) is 10.9 Å². The van der Waals surface area contributed by atoms with Gasteiger partial charge in [0.05, 0.1) is 6.20 Å². The van der Waals surface area contributed by atoms with E-state index in [9.17, 15) is 0 Å². The third kappa shape index (κ3) is 4.33. The summed E-state index contributed by atoms with van der Waals surface area (Å²) >= 11 is 0. The lowest BCUT2D eigenvalue weighted by molar-refractivity contribution is 0.302. The zero-order chi connectivity index (χ0) is 11.8. The molecule has 1 N–H and O–H groups in total. The van der Waals surface area contributed by atoms with Crippen LogP contribution in [0.25, 0.3) is 0 Å². The fraction of sp³-hybridized carbons (Fsp3) is 0.750. The first kappa shape index (κ1) is 13.2. The Kier molecular flexibility index (Phi) is 6.11. The van der Waals surface area contributed by atoms with Crippen LogP contribution in [-0.4, -0.2) is 40.9 Å². The van der Waals surface area contributed by atoms with Crippen molar-refractivity contribution in [1.82, 2.24) is 20.0 Å². The lowest BCUT2D eigenvalue weighted by atomic mass is 10.3. The highest BCUT2D eigenvalue weighted by atomic mass is 15.3. The molecule has 0 atom stereocenters. The molecule has 16 heavy (non-hydrogen) atoms. The van der Waals surface area contributed by atoms with Gasteiger partial charge in [-0.25, -0.2) is 0 Å². The van der Waals surface area contributed by atoms with E-state index >= 15 is 0 Å². The summed E-state index contributed by atoms with van der Waals surface area (Å²) in [7, 11) is 0. The third-order valence-electron chi connectivity index (χ3n) is 2.84. The second-order valence-electron chi connectivity index (χ2n) is 3.91. The van der Waals surface area contributed by atoms with E-state index < -0.39 is 0 Å². The molecule has 0 saturated carbocycles. The van der Waals surface area contributed by atoms with Crippen LogP contribution in [0.5, 0.6) is 0 Å². The summed E-state index contributed by atoms with van der Waals surface area (Å²) < 4.78 is 1.96. The van der Waals surface area contributed by atoms with Gasteiger partial charge >= 0.3 is 0 Å². The molecule has 1 heterocycles. The maximum Gasteiger partial charge on any atom is 0.0534 e. The van der Waals surface area contributed by atoms with Gasteiger partial charge in [-0.1, -0.05) is 13.8 Å². The van der Waals surface area contributed by atoms with Crippen LogP contribution in [-0.2, 0) is 13.1 Å². The highest BCUT2D eigenvalue weighted by molar-refractivity contribution is 5.02. The van der Waals surface area contributed by atoms with Gasteiger partial charge in [-0.15, -0.1) is 0 Å². The Bertz CT molecular complexity index is 278. The van der Waals surface area contributed by atoms with E-state index in [-0.39, 0.29) is 0 Å². The van der Waals surface area contributed by atoms with E-state index in [1.54, 1.807) is 0 Å². The third-order valence-corrected chi connectivity index (χ3v) is 2.84. The molecular formula is C12H24N4. The molecule has 0 amide bonds. The first-order valence-electron chi connectivity index (χ1n) is 6.24. The van der Waals surface area contributed by atoms with Gasteiger partial charge in [0.25, 0.3) is 0 Å². The average Bonchev–Trinajstić information content (AvgIpc) is 2.77. The molecule has 0 aliphatic heterocycles. The maximum atomic E-state index is 4.25. The summed E-state index contributed by atoms with van der Waals surface area (Å²) in [6, 6.07) is 0. The molecule has 0 bridgehead atoms. The highest BCUT2D eigenvalue weighted by Gasteiger charge is 1.99. The van der Waals surface area contributed by atoms with Crippen molar-refractivity contribution in [2.75, 3.05) is 26.2 Å². The lowest BCUT2D eigenvalue weighted by Crippen LogP contribution is -2.31. The maximum absolute atomic E-state index is 4.25. The molecule has 1 aromatic rings. The van der Waals surface area contributed by atoms with Crippen LogP contribution in [0.2, 0.25) is 0 Å². The monoisotopic (exact) mass is 224 g/mol. The van der Waals surface area contributed by atoms with Crippen molar-refractivity contribution in [1.29, 1.82) is 0 Å². The second kappa shape index (κ2) is 7.41. The summed E-state index contributed by atoms with van der Waals surface area (Å²) in [5.74, 6) is 0. The quantitative estimate of drug-likeness (QED) is 0.676. The van der Waals surface area contributed by atoms with Gasteiger partial charge in [-0.05, 0) is 20.0 Å². The van der Waals surface area contributed by atoms with Gasteiger partial charge < -0.3 is 10.2 Å². The molecule has 4 heteroatoms. The van der Waals surface area contributed by atoms with Crippen molar-refractivity contribution < 1.29 is 0 Å². The van der Waals surface area contributed by atoms with Gasteiger partial charge in [0.2, 0.25) is 0 Å².